The number of nitriles is 1. The molecule has 1 rings (SSSR count). The Labute approximate surface area is 117 Å². The first-order chi connectivity index (χ1) is 9.43. The van der Waals surface area contributed by atoms with Crippen LogP contribution in [0.5, 0.6) is 0 Å². The molecule has 0 aliphatic carbocycles. The Kier molecular flexibility index (Phi) is 6.26. The molecule has 0 N–H and O–H groups in total. The van der Waals surface area contributed by atoms with Crippen LogP contribution in [0.2, 0.25) is 0 Å². The fourth-order valence-corrected chi connectivity index (χ4v) is 1.96. The van der Waals surface area contributed by atoms with Crippen molar-refractivity contribution in [2.75, 3.05) is 19.6 Å². The van der Waals surface area contributed by atoms with Crippen molar-refractivity contribution in [3.05, 3.63) is 35.4 Å². The van der Waals surface area contributed by atoms with Crippen molar-refractivity contribution >= 4 is 5.78 Å². The van der Waals surface area contributed by atoms with E-state index < -0.39 is 17.4 Å². The second kappa shape index (κ2) is 7.71. The second-order valence-electron chi connectivity index (χ2n) is 5.08. The molecule has 108 valence electrons. The van der Waals surface area contributed by atoms with Gasteiger partial charge in [0.05, 0.1) is 18.2 Å². The minimum absolute atomic E-state index is 0.0302. The Bertz CT molecular complexity index is 509. The van der Waals surface area contributed by atoms with Gasteiger partial charge in [0.2, 0.25) is 0 Å². The van der Waals surface area contributed by atoms with Gasteiger partial charge in [-0.25, -0.2) is 8.78 Å². The predicted octanol–water partition coefficient (Wildman–Crippen LogP) is 3.02. The highest BCUT2D eigenvalue weighted by Gasteiger charge is 2.17. The van der Waals surface area contributed by atoms with Gasteiger partial charge in [-0.3, -0.25) is 9.69 Å². The molecule has 0 bridgehead atoms. The average molecular weight is 280 g/mol. The number of nitrogens with zero attached hydrogens (tertiary/aromatic N) is 2. The van der Waals surface area contributed by atoms with Gasteiger partial charge < -0.3 is 0 Å². The van der Waals surface area contributed by atoms with Crippen molar-refractivity contribution in [2.24, 2.45) is 5.92 Å². The molecule has 1 aromatic carbocycles. The fourth-order valence-electron chi connectivity index (χ4n) is 1.96. The summed E-state index contributed by atoms with van der Waals surface area (Å²) in [5.41, 5.74) is -0.114. The number of rotatable bonds is 7. The van der Waals surface area contributed by atoms with Crippen LogP contribution in [-0.2, 0) is 0 Å². The largest absolute Gasteiger partial charge is 0.295 e. The number of carbonyl (C=O) groups is 1. The Morgan fingerprint density at radius 1 is 1.40 bits per heavy atom. The fraction of sp³-hybridized carbons (Fsp3) is 0.467. The van der Waals surface area contributed by atoms with Gasteiger partial charge in [0.1, 0.15) is 11.6 Å². The summed E-state index contributed by atoms with van der Waals surface area (Å²) in [6.07, 6.45) is 0.311. The zero-order chi connectivity index (χ0) is 15.1. The van der Waals surface area contributed by atoms with Gasteiger partial charge in [0.25, 0.3) is 0 Å². The van der Waals surface area contributed by atoms with E-state index in [-0.39, 0.29) is 12.1 Å². The Morgan fingerprint density at radius 2 is 2.10 bits per heavy atom. The molecule has 0 aliphatic heterocycles. The average Bonchev–Trinajstić information content (AvgIpc) is 2.35. The van der Waals surface area contributed by atoms with Crippen LogP contribution in [0.3, 0.4) is 0 Å². The van der Waals surface area contributed by atoms with E-state index in [0.717, 1.165) is 12.1 Å². The molecule has 0 atom stereocenters. The number of carbonyl (C=O) groups excluding carboxylic acids is 1. The number of hydrogen-bond acceptors (Lipinski definition) is 3. The van der Waals surface area contributed by atoms with Crippen molar-refractivity contribution in [1.82, 2.24) is 4.90 Å². The van der Waals surface area contributed by atoms with Crippen molar-refractivity contribution in [3.8, 4) is 6.07 Å². The summed E-state index contributed by atoms with van der Waals surface area (Å²) >= 11 is 0. The maximum absolute atomic E-state index is 13.5. The van der Waals surface area contributed by atoms with E-state index in [4.69, 9.17) is 5.26 Å². The van der Waals surface area contributed by atoms with E-state index in [2.05, 4.69) is 0 Å². The Morgan fingerprint density at radius 3 is 2.65 bits per heavy atom. The van der Waals surface area contributed by atoms with Crippen molar-refractivity contribution in [3.63, 3.8) is 0 Å². The summed E-state index contributed by atoms with van der Waals surface area (Å²) in [5.74, 6) is -1.62. The molecule has 0 amide bonds. The first kappa shape index (κ1) is 16.3. The third-order valence-corrected chi connectivity index (χ3v) is 2.76. The predicted molar refractivity (Wildman–Crippen MR) is 72.2 cm³/mol. The lowest BCUT2D eigenvalue weighted by atomic mass is 10.1. The standard InChI is InChI=1S/C15H18F2N2O/c1-11(2)9-19(7-3-6-18)10-15(20)13-5-4-12(16)8-14(13)17/h4-5,8,11H,3,7,9-10H2,1-2H3. The van der Waals surface area contributed by atoms with E-state index in [0.29, 0.717) is 31.5 Å². The highest BCUT2D eigenvalue weighted by Crippen LogP contribution is 2.11. The maximum atomic E-state index is 13.5. The normalized spacial score (nSPS) is 10.8. The summed E-state index contributed by atoms with van der Waals surface area (Å²) in [5, 5.41) is 8.61. The van der Waals surface area contributed by atoms with E-state index in [1.807, 2.05) is 24.8 Å². The second-order valence-corrected chi connectivity index (χ2v) is 5.08. The molecule has 0 aromatic heterocycles. The molecule has 0 saturated carbocycles. The molecule has 0 saturated heterocycles. The summed E-state index contributed by atoms with van der Waals surface area (Å²) in [6, 6.07) is 4.96. The van der Waals surface area contributed by atoms with E-state index in [1.165, 1.54) is 0 Å². The third-order valence-electron chi connectivity index (χ3n) is 2.76. The lowest BCUT2D eigenvalue weighted by Gasteiger charge is -2.22. The molecule has 0 unspecified atom stereocenters. The molecule has 0 aliphatic rings. The molecule has 1 aromatic rings. The smallest absolute Gasteiger partial charge is 0.179 e. The molecule has 20 heavy (non-hydrogen) atoms. The summed E-state index contributed by atoms with van der Waals surface area (Å²) in [6.45, 7) is 5.15. The number of Topliss-reactive ketones (excluding diaryl/α,β-unsaturated/α-hetero) is 1. The van der Waals surface area contributed by atoms with Gasteiger partial charge in [-0.15, -0.1) is 0 Å². The SMILES string of the molecule is CC(C)CN(CCC#N)CC(=O)c1ccc(F)cc1F. The van der Waals surface area contributed by atoms with Crippen LogP contribution in [0, 0.1) is 28.9 Å². The van der Waals surface area contributed by atoms with Crippen LogP contribution in [0.4, 0.5) is 8.78 Å². The van der Waals surface area contributed by atoms with Crippen molar-refractivity contribution in [2.45, 2.75) is 20.3 Å². The van der Waals surface area contributed by atoms with Gasteiger partial charge in [0.15, 0.2) is 5.78 Å². The number of halogens is 2. The lowest BCUT2D eigenvalue weighted by molar-refractivity contribution is 0.0919. The van der Waals surface area contributed by atoms with Crippen LogP contribution in [-0.4, -0.2) is 30.3 Å². The van der Waals surface area contributed by atoms with Crippen molar-refractivity contribution < 1.29 is 13.6 Å². The molecule has 0 fully saturated rings. The van der Waals surface area contributed by atoms with Crippen molar-refractivity contribution in [1.29, 1.82) is 5.26 Å². The third kappa shape index (κ3) is 5.06. The van der Waals surface area contributed by atoms with Gasteiger partial charge in [-0.05, 0) is 18.1 Å². The first-order valence-corrected chi connectivity index (χ1v) is 6.51. The molecule has 0 radical (unpaired) electrons. The monoisotopic (exact) mass is 280 g/mol. The number of ketones is 1. The van der Waals surface area contributed by atoms with Crippen LogP contribution in [0.25, 0.3) is 0 Å². The summed E-state index contributed by atoms with van der Waals surface area (Å²) in [4.78, 5) is 13.9. The molecule has 0 spiro atoms. The zero-order valence-electron chi connectivity index (χ0n) is 11.7. The Balaban J connectivity index is 2.76. The van der Waals surface area contributed by atoms with Crippen LogP contribution < -0.4 is 0 Å². The summed E-state index contributed by atoms with van der Waals surface area (Å²) < 4.78 is 26.3. The van der Waals surface area contributed by atoms with Gasteiger partial charge in [-0.2, -0.15) is 5.26 Å². The highest BCUT2D eigenvalue weighted by atomic mass is 19.1. The van der Waals surface area contributed by atoms with Crippen LogP contribution in [0.15, 0.2) is 18.2 Å². The van der Waals surface area contributed by atoms with Gasteiger partial charge in [0, 0.05) is 25.6 Å². The Hall–Kier alpha value is -1.80. The minimum atomic E-state index is -0.847. The molecular formula is C15H18F2N2O. The van der Waals surface area contributed by atoms with E-state index in [1.54, 1.807) is 0 Å². The first-order valence-electron chi connectivity index (χ1n) is 6.51. The minimum Gasteiger partial charge on any atom is -0.295 e. The molecule has 0 heterocycles. The number of benzene rings is 1. The van der Waals surface area contributed by atoms with Crippen LogP contribution >= 0.6 is 0 Å². The van der Waals surface area contributed by atoms with Crippen LogP contribution in [0.1, 0.15) is 30.6 Å². The van der Waals surface area contributed by atoms with E-state index >= 15 is 0 Å². The summed E-state index contributed by atoms with van der Waals surface area (Å²) in [7, 11) is 0. The highest BCUT2D eigenvalue weighted by molar-refractivity contribution is 5.97. The molecule has 3 nitrogen and oxygen atoms in total. The van der Waals surface area contributed by atoms with Gasteiger partial charge in [-0.1, -0.05) is 13.8 Å². The quantitative estimate of drug-likeness (QED) is 0.721. The molecular weight excluding hydrogens is 262 g/mol. The van der Waals surface area contributed by atoms with E-state index in [9.17, 15) is 13.6 Å². The van der Waals surface area contributed by atoms with Gasteiger partial charge >= 0.3 is 0 Å². The number of hydrogen-bond donors (Lipinski definition) is 0. The topological polar surface area (TPSA) is 44.1 Å². The molecule has 5 heteroatoms. The maximum Gasteiger partial charge on any atom is 0.179 e. The zero-order valence-corrected chi connectivity index (χ0v) is 11.7. The lowest BCUT2D eigenvalue weighted by Crippen LogP contribution is -2.34.